The van der Waals surface area contributed by atoms with Gasteiger partial charge < -0.3 is 15.4 Å². The lowest BCUT2D eigenvalue weighted by Crippen LogP contribution is -2.35. The lowest BCUT2D eigenvalue weighted by Gasteiger charge is -2.08. The molecule has 0 saturated heterocycles. The highest BCUT2D eigenvalue weighted by Gasteiger charge is 2.14. The third kappa shape index (κ3) is 4.97. The van der Waals surface area contributed by atoms with E-state index in [0.29, 0.717) is 10.7 Å². The highest BCUT2D eigenvalue weighted by Crippen LogP contribution is 2.25. The molecule has 0 spiro atoms. The van der Waals surface area contributed by atoms with Gasteiger partial charge in [0.05, 0.1) is 17.8 Å². The third-order valence-electron chi connectivity index (χ3n) is 3.00. The van der Waals surface area contributed by atoms with Crippen LogP contribution in [0.4, 0.5) is 5.69 Å². The second-order valence-corrected chi connectivity index (χ2v) is 5.93. The number of rotatable bonds is 4. The van der Waals surface area contributed by atoms with Gasteiger partial charge in [-0.25, -0.2) is 0 Å². The van der Waals surface area contributed by atoms with Crippen LogP contribution in [0.5, 0.6) is 5.75 Å². The van der Waals surface area contributed by atoms with E-state index in [-0.39, 0.29) is 6.54 Å². The number of nitrogens with one attached hydrogen (secondary N) is 2. The molecule has 0 aromatic heterocycles. The Balaban J connectivity index is 1.90. The molecule has 0 saturated carbocycles. The Morgan fingerprint density at radius 3 is 2.43 bits per heavy atom. The fourth-order valence-electron chi connectivity index (χ4n) is 1.78. The van der Waals surface area contributed by atoms with Crippen molar-refractivity contribution < 1.29 is 14.3 Å². The quantitative estimate of drug-likeness (QED) is 0.777. The van der Waals surface area contributed by atoms with Crippen LogP contribution in [0.15, 0.2) is 46.9 Å². The molecule has 0 heterocycles. The number of anilines is 1. The van der Waals surface area contributed by atoms with Crippen molar-refractivity contribution in [1.29, 1.82) is 0 Å². The topological polar surface area (TPSA) is 67.4 Å². The predicted octanol–water partition coefficient (Wildman–Crippen LogP) is 3.37. The van der Waals surface area contributed by atoms with Gasteiger partial charge in [0.25, 0.3) is 0 Å². The number of amides is 2. The third-order valence-corrected chi connectivity index (χ3v) is 3.80. The van der Waals surface area contributed by atoms with Crippen LogP contribution in [0, 0.1) is 0 Å². The normalized spacial score (nSPS) is 10.0. The lowest BCUT2D eigenvalue weighted by atomic mass is 10.2. The molecule has 0 radical (unpaired) electrons. The Kier molecular flexibility index (Phi) is 6.01. The summed E-state index contributed by atoms with van der Waals surface area (Å²) in [5.74, 6) is -0.787. The number of methoxy groups -OCH3 is 1. The van der Waals surface area contributed by atoms with Crippen LogP contribution in [0.2, 0.25) is 5.02 Å². The van der Waals surface area contributed by atoms with E-state index in [4.69, 9.17) is 16.3 Å². The Morgan fingerprint density at radius 1 is 1.13 bits per heavy atom. The minimum Gasteiger partial charge on any atom is -0.497 e. The zero-order valence-electron chi connectivity index (χ0n) is 12.2. The Hall–Kier alpha value is -2.05. The van der Waals surface area contributed by atoms with Crippen molar-refractivity contribution in [1.82, 2.24) is 5.32 Å². The van der Waals surface area contributed by atoms with Gasteiger partial charge in [0.15, 0.2) is 0 Å². The van der Waals surface area contributed by atoms with E-state index >= 15 is 0 Å². The fraction of sp³-hybridized carbons (Fsp3) is 0.125. The summed E-state index contributed by atoms with van der Waals surface area (Å²) in [7, 11) is 1.58. The van der Waals surface area contributed by atoms with E-state index in [0.717, 1.165) is 15.8 Å². The van der Waals surface area contributed by atoms with Crippen molar-refractivity contribution in [3.63, 3.8) is 0 Å². The molecule has 7 heteroatoms. The number of benzene rings is 2. The maximum atomic E-state index is 11.9. The summed E-state index contributed by atoms with van der Waals surface area (Å²) in [5.41, 5.74) is 1.23. The lowest BCUT2D eigenvalue weighted by molar-refractivity contribution is -0.136. The first-order valence-corrected chi connectivity index (χ1v) is 7.84. The largest absolute Gasteiger partial charge is 0.497 e. The van der Waals surface area contributed by atoms with Gasteiger partial charge in [0.1, 0.15) is 5.75 Å². The van der Waals surface area contributed by atoms with Gasteiger partial charge in [0, 0.05) is 11.0 Å². The zero-order chi connectivity index (χ0) is 16.8. The fourth-order valence-corrected chi connectivity index (χ4v) is 2.50. The molecule has 0 fully saturated rings. The van der Waals surface area contributed by atoms with Crippen molar-refractivity contribution in [2.45, 2.75) is 6.54 Å². The number of ether oxygens (including phenoxy) is 1. The summed E-state index contributed by atoms with van der Waals surface area (Å²) in [4.78, 5) is 23.7. The number of halogens is 2. The van der Waals surface area contributed by atoms with Crippen LogP contribution < -0.4 is 15.4 Å². The Morgan fingerprint density at radius 2 is 1.83 bits per heavy atom. The molecule has 120 valence electrons. The average molecular weight is 398 g/mol. The molecule has 2 aromatic carbocycles. The summed E-state index contributed by atoms with van der Waals surface area (Å²) in [5, 5.41) is 5.35. The summed E-state index contributed by atoms with van der Waals surface area (Å²) in [6.07, 6.45) is 0. The maximum absolute atomic E-state index is 11.9. The van der Waals surface area contributed by atoms with E-state index in [2.05, 4.69) is 26.6 Å². The highest BCUT2D eigenvalue weighted by molar-refractivity contribution is 9.10. The monoisotopic (exact) mass is 396 g/mol. The van der Waals surface area contributed by atoms with Crippen LogP contribution in [0.1, 0.15) is 5.56 Å². The molecule has 0 aliphatic heterocycles. The summed E-state index contributed by atoms with van der Waals surface area (Å²) < 4.78 is 5.83. The van der Waals surface area contributed by atoms with Crippen molar-refractivity contribution in [2.24, 2.45) is 0 Å². The molecule has 23 heavy (non-hydrogen) atoms. The van der Waals surface area contributed by atoms with Crippen LogP contribution in [0.25, 0.3) is 0 Å². The van der Waals surface area contributed by atoms with Gasteiger partial charge >= 0.3 is 11.8 Å². The van der Waals surface area contributed by atoms with Crippen LogP contribution in [0.3, 0.4) is 0 Å². The minimum atomic E-state index is -0.775. The highest BCUT2D eigenvalue weighted by atomic mass is 79.9. The van der Waals surface area contributed by atoms with Crippen LogP contribution >= 0.6 is 27.5 Å². The van der Waals surface area contributed by atoms with E-state index in [1.54, 1.807) is 37.4 Å². The van der Waals surface area contributed by atoms with E-state index in [1.165, 1.54) is 0 Å². The van der Waals surface area contributed by atoms with Crippen LogP contribution in [-0.2, 0) is 16.1 Å². The van der Waals surface area contributed by atoms with Crippen molar-refractivity contribution in [3.8, 4) is 5.75 Å². The second-order valence-electron chi connectivity index (χ2n) is 4.61. The molecule has 2 rings (SSSR count). The first kappa shape index (κ1) is 17.3. The molecular weight excluding hydrogens is 384 g/mol. The minimum absolute atomic E-state index is 0.240. The van der Waals surface area contributed by atoms with Gasteiger partial charge in [-0.3, -0.25) is 9.59 Å². The number of carbonyl (C=O) groups is 2. The molecule has 0 unspecified atom stereocenters. The molecular formula is C16H14BrClN2O3. The Bertz CT molecular complexity index is 720. The summed E-state index contributed by atoms with van der Waals surface area (Å²) >= 11 is 9.26. The predicted molar refractivity (Wildman–Crippen MR) is 92.6 cm³/mol. The molecule has 0 aliphatic rings. The average Bonchev–Trinajstić information content (AvgIpc) is 2.55. The van der Waals surface area contributed by atoms with Crippen molar-refractivity contribution in [3.05, 3.63) is 57.5 Å². The SMILES string of the molecule is COc1ccc(CNC(=O)C(=O)Nc2ccc(Br)cc2Cl)cc1. The van der Waals surface area contributed by atoms with E-state index in [1.807, 2.05) is 12.1 Å². The summed E-state index contributed by atoms with van der Waals surface area (Å²) in [6.45, 7) is 0.240. The molecule has 2 aromatic rings. The molecule has 2 N–H and O–H groups in total. The van der Waals surface area contributed by atoms with Gasteiger partial charge in [-0.1, -0.05) is 39.7 Å². The molecule has 5 nitrogen and oxygen atoms in total. The molecule has 0 atom stereocenters. The Labute approximate surface area is 147 Å². The smallest absolute Gasteiger partial charge is 0.313 e. The number of carbonyl (C=O) groups excluding carboxylic acids is 2. The first-order chi connectivity index (χ1) is 11.0. The molecule has 2 amide bonds. The van der Waals surface area contributed by atoms with E-state index in [9.17, 15) is 9.59 Å². The van der Waals surface area contributed by atoms with Crippen LogP contribution in [-0.4, -0.2) is 18.9 Å². The zero-order valence-corrected chi connectivity index (χ0v) is 14.6. The second kappa shape index (κ2) is 7.99. The molecule has 0 aliphatic carbocycles. The maximum Gasteiger partial charge on any atom is 0.313 e. The molecule has 0 bridgehead atoms. The number of hydrogen-bond acceptors (Lipinski definition) is 3. The van der Waals surface area contributed by atoms with Crippen molar-refractivity contribution >= 4 is 45.0 Å². The first-order valence-electron chi connectivity index (χ1n) is 6.67. The van der Waals surface area contributed by atoms with E-state index < -0.39 is 11.8 Å². The van der Waals surface area contributed by atoms with Gasteiger partial charge in [-0.2, -0.15) is 0 Å². The number of hydrogen-bond donors (Lipinski definition) is 2. The van der Waals surface area contributed by atoms with Crippen molar-refractivity contribution in [2.75, 3.05) is 12.4 Å². The van der Waals surface area contributed by atoms with Gasteiger partial charge in [0.2, 0.25) is 0 Å². The van der Waals surface area contributed by atoms with Gasteiger partial charge in [-0.05, 0) is 35.9 Å². The summed E-state index contributed by atoms with van der Waals surface area (Å²) in [6, 6.07) is 12.1. The standard InChI is InChI=1S/C16H14BrClN2O3/c1-23-12-5-2-10(3-6-12)9-19-15(21)16(22)20-14-7-4-11(17)8-13(14)18/h2-8H,9H2,1H3,(H,19,21)(H,20,22). The van der Waals surface area contributed by atoms with Gasteiger partial charge in [-0.15, -0.1) is 0 Å².